The van der Waals surface area contributed by atoms with Gasteiger partial charge in [-0.1, -0.05) is 24.3 Å². The van der Waals surface area contributed by atoms with Crippen LogP contribution in [0.1, 0.15) is 27.9 Å². The zero-order chi connectivity index (χ0) is 14.7. The van der Waals surface area contributed by atoms with Gasteiger partial charge in [-0.3, -0.25) is 10.6 Å². The van der Waals surface area contributed by atoms with Crippen LogP contribution in [0.5, 0.6) is 0 Å². The van der Waals surface area contributed by atoms with Crippen molar-refractivity contribution in [3.05, 3.63) is 65.2 Å². The van der Waals surface area contributed by atoms with Crippen molar-refractivity contribution in [2.45, 2.75) is 25.3 Å². The van der Waals surface area contributed by atoms with Gasteiger partial charge in [-0.05, 0) is 54.7 Å². The van der Waals surface area contributed by atoms with Crippen LogP contribution in [-0.4, -0.2) is 11.9 Å². The molecule has 1 amide bonds. The predicted octanol–water partition coefficient (Wildman–Crippen LogP) is 2.26. The highest BCUT2D eigenvalue weighted by Gasteiger charge is 2.20. The number of nitrogens with two attached hydrogens (primary N) is 1. The molecule has 0 spiro atoms. The molecule has 1 aliphatic rings. The Balaban J connectivity index is 1.65. The van der Waals surface area contributed by atoms with E-state index in [1.54, 1.807) is 24.3 Å². The Bertz CT molecular complexity index is 637. The zero-order valence-corrected chi connectivity index (χ0v) is 11.8. The Kier molecular flexibility index (Phi) is 3.88. The minimum absolute atomic E-state index is 0.0250. The fourth-order valence-electron chi connectivity index (χ4n) is 2.81. The average molecular weight is 281 g/mol. The number of hydrogen-bond donors (Lipinski definition) is 3. The van der Waals surface area contributed by atoms with Gasteiger partial charge >= 0.3 is 0 Å². The van der Waals surface area contributed by atoms with Crippen molar-refractivity contribution in [1.29, 1.82) is 0 Å². The lowest BCUT2D eigenvalue weighted by Crippen LogP contribution is -2.38. The first-order valence-corrected chi connectivity index (χ1v) is 7.20. The number of carbonyl (C=O) groups is 1. The zero-order valence-electron chi connectivity index (χ0n) is 11.8. The van der Waals surface area contributed by atoms with E-state index in [4.69, 9.17) is 5.84 Å². The van der Waals surface area contributed by atoms with E-state index in [1.807, 2.05) is 0 Å². The summed E-state index contributed by atoms with van der Waals surface area (Å²) in [6.45, 7) is 0. The summed E-state index contributed by atoms with van der Waals surface area (Å²) in [7, 11) is 0. The number of nitrogen functional groups attached to an aromatic ring is 1. The topological polar surface area (TPSA) is 67.1 Å². The number of amides is 1. The fourth-order valence-corrected chi connectivity index (χ4v) is 2.81. The molecule has 0 bridgehead atoms. The quantitative estimate of drug-likeness (QED) is 0.597. The number of nitrogens with one attached hydrogen (secondary N) is 2. The Morgan fingerprint density at radius 2 is 1.76 bits per heavy atom. The van der Waals surface area contributed by atoms with Crippen LogP contribution in [0.25, 0.3) is 0 Å². The smallest absolute Gasteiger partial charge is 0.251 e. The van der Waals surface area contributed by atoms with Gasteiger partial charge in [0, 0.05) is 17.3 Å². The van der Waals surface area contributed by atoms with E-state index in [-0.39, 0.29) is 11.9 Å². The van der Waals surface area contributed by atoms with Gasteiger partial charge < -0.3 is 10.7 Å². The lowest BCUT2D eigenvalue weighted by Gasteiger charge is -2.25. The molecule has 4 heteroatoms. The van der Waals surface area contributed by atoms with Crippen molar-refractivity contribution in [3.63, 3.8) is 0 Å². The van der Waals surface area contributed by atoms with Crippen molar-refractivity contribution in [2.24, 2.45) is 5.84 Å². The highest BCUT2D eigenvalue weighted by Crippen LogP contribution is 2.21. The Hall–Kier alpha value is -2.33. The van der Waals surface area contributed by atoms with Gasteiger partial charge in [-0.2, -0.15) is 0 Å². The van der Waals surface area contributed by atoms with Gasteiger partial charge in [0.05, 0.1) is 0 Å². The summed E-state index contributed by atoms with van der Waals surface area (Å²) in [6, 6.07) is 15.8. The summed E-state index contributed by atoms with van der Waals surface area (Å²) < 4.78 is 0. The second-order valence-corrected chi connectivity index (χ2v) is 5.40. The van der Waals surface area contributed by atoms with Gasteiger partial charge in [-0.25, -0.2) is 0 Å². The van der Waals surface area contributed by atoms with E-state index in [9.17, 15) is 4.79 Å². The maximum Gasteiger partial charge on any atom is 0.251 e. The molecule has 4 nitrogen and oxygen atoms in total. The second kappa shape index (κ2) is 5.97. The van der Waals surface area contributed by atoms with E-state index in [2.05, 4.69) is 35.0 Å². The third-order valence-electron chi connectivity index (χ3n) is 4.00. The molecule has 2 aromatic carbocycles. The molecule has 0 radical (unpaired) electrons. The van der Waals surface area contributed by atoms with Crippen LogP contribution in [0, 0.1) is 0 Å². The third kappa shape index (κ3) is 3.06. The molecule has 108 valence electrons. The molecule has 0 saturated heterocycles. The van der Waals surface area contributed by atoms with E-state index in [0.717, 1.165) is 24.9 Å². The van der Waals surface area contributed by atoms with Crippen molar-refractivity contribution in [3.8, 4) is 0 Å². The first-order chi connectivity index (χ1) is 10.3. The maximum absolute atomic E-state index is 12.3. The van der Waals surface area contributed by atoms with Crippen LogP contribution < -0.4 is 16.6 Å². The lowest BCUT2D eigenvalue weighted by molar-refractivity contribution is 0.0933. The summed E-state index contributed by atoms with van der Waals surface area (Å²) in [5, 5.41) is 3.12. The highest BCUT2D eigenvalue weighted by atomic mass is 16.1. The number of rotatable bonds is 3. The summed E-state index contributed by atoms with van der Waals surface area (Å²) in [5.41, 5.74) is 6.75. The summed E-state index contributed by atoms with van der Waals surface area (Å²) >= 11 is 0. The van der Waals surface area contributed by atoms with Gasteiger partial charge in [0.15, 0.2) is 0 Å². The number of fused-ring (bicyclic) bond motifs is 1. The normalized spacial score (nSPS) is 16.9. The van der Waals surface area contributed by atoms with Gasteiger partial charge in [0.2, 0.25) is 0 Å². The van der Waals surface area contributed by atoms with Crippen molar-refractivity contribution >= 4 is 11.6 Å². The molecule has 0 fully saturated rings. The number of benzene rings is 2. The Morgan fingerprint density at radius 1 is 1.05 bits per heavy atom. The summed E-state index contributed by atoms with van der Waals surface area (Å²) in [5.74, 6) is 5.30. The maximum atomic E-state index is 12.3. The molecule has 1 unspecified atom stereocenters. The van der Waals surface area contributed by atoms with Crippen molar-refractivity contribution < 1.29 is 4.79 Å². The SMILES string of the molecule is NNc1ccc(C(=O)NC2CCc3ccccc3C2)cc1. The fraction of sp³-hybridized carbons (Fsp3) is 0.235. The Labute approximate surface area is 124 Å². The van der Waals surface area contributed by atoms with Gasteiger partial charge in [0.25, 0.3) is 5.91 Å². The van der Waals surface area contributed by atoms with E-state index in [0.29, 0.717) is 5.56 Å². The number of hydrogen-bond acceptors (Lipinski definition) is 3. The molecule has 2 aromatic rings. The van der Waals surface area contributed by atoms with Crippen LogP contribution in [0.3, 0.4) is 0 Å². The van der Waals surface area contributed by atoms with Gasteiger partial charge in [0.1, 0.15) is 0 Å². The first kappa shape index (κ1) is 13.6. The molecule has 1 aliphatic carbocycles. The van der Waals surface area contributed by atoms with Crippen LogP contribution >= 0.6 is 0 Å². The summed E-state index contributed by atoms with van der Waals surface area (Å²) in [4.78, 5) is 12.3. The molecular formula is C17H19N3O. The predicted molar refractivity (Wildman–Crippen MR) is 84.0 cm³/mol. The van der Waals surface area contributed by atoms with Crippen molar-refractivity contribution in [1.82, 2.24) is 5.32 Å². The van der Waals surface area contributed by atoms with Crippen molar-refractivity contribution in [2.75, 3.05) is 5.43 Å². The van der Waals surface area contributed by atoms with Crippen LogP contribution in [-0.2, 0) is 12.8 Å². The number of carbonyl (C=O) groups excluding carboxylic acids is 1. The van der Waals surface area contributed by atoms with E-state index in [1.165, 1.54) is 11.1 Å². The standard InChI is InChI=1S/C17H19N3O/c18-20-15-8-6-13(7-9-15)17(21)19-16-10-5-12-3-1-2-4-14(12)11-16/h1-4,6-9,16,20H,5,10-11,18H2,(H,19,21). The molecule has 4 N–H and O–H groups in total. The second-order valence-electron chi connectivity index (χ2n) is 5.40. The highest BCUT2D eigenvalue weighted by molar-refractivity contribution is 5.94. The van der Waals surface area contributed by atoms with Crippen LogP contribution in [0.4, 0.5) is 5.69 Å². The van der Waals surface area contributed by atoms with E-state index < -0.39 is 0 Å². The number of anilines is 1. The van der Waals surface area contributed by atoms with Crippen LogP contribution in [0.15, 0.2) is 48.5 Å². The molecule has 1 atom stereocenters. The van der Waals surface area contributed by atoms with Crippen LogP contribution in [0.2, 0.25) is 0 Å². The molecule has 3 rings (SSSR count). The minimum atomic E-state index is -0.0250. The first-order valence-electron chi connectivity index (χ1n) is 7.20. The molecule has 0 saturated carbocycles. The molecule has 0 aromatic heterocycles. The average Bonchev–Trinajstić information content (AvgIpc) is 2.55. The minimum Gasteiger partial charge on any atom is -0.349 e. The third-order valence-corrected chi connectivity index (χ3v) is 4.00. The van der Waals surface area contributed by atoms with Gasteiger partial charge in [-0.15, -0.1) is 0 Å². The number of aryl methyl sites for hydroxylation is 1. The Morgan fingerprint density at radius 3 is 2.48 bits per heavy atom. The molecular weight excluding hydrogens is 262 g/mol. The monoisotopic (exact) mass is 281 g/mol. The summed E-state index contributed by atoms with van der Waals surface area (Å²) in [6.07, 6.45) is 2.92. The number of hydrazine groups is 1. The van der Waals surface area contributed by atoms with E-state index >= 15 is 0 Å². The largest absolute Gasteiger partial charge is 0.349 e. The molecule has 0 heterocycles. The molecule has 0 aliphatic heterocycles. The lowest BCUT2D eigenvalue weighted by atomic mass is 9.88. The molecule has 21 heavy (non-hydrogen) atoms.